The van der Waals surface area contributed by atoms with Crippen LogP contribution in [-0.4, -0.2) is 26.9 Å². The van der Waals surface area contributed by atoms with Gasteiger partial charge < -0.3 is 16.6 Å². The number of nitrogens with zero attached hydrogens (tertiary/aromatic N) is 2. The summed E-state index contributed by atoms with van der Waals surface area (Å²) in [4.78, 5) is 4.19. The number of aliphatic hydroxyl groups is 1. The number of fused-ring (bicyclic) bond motifs is 1. The summed E-state index contributed by atoms with van der Waals surface area (Å²) in [7, 11) is 0. The Hall–Kier alpha value is -2.60. The Morgan fingerprint density at radius 2 is 1.95 bits per heavy atom. The zero-order chi connectivity index (χ0) is 15.5. The molecule has 0 aliphatic heterocycles. The lowest BCUT2D eigenvalue weighted by atomic mass is 9.96. The van der Waals surface area contributed by atoms with Crippen molar-refractivity contribution in [3.63, 3.8) is 0 Å². The van der Waals surface area contributed by atoms with Gasteiger partial charge in [0.15, 0.2) is 5.82 Å². The molecule has 0 unspecified atom stereocenters. The summed E-state index contributed by atoms with van der Waals surface area (Å²) in [5.41, 5.74) is 15.9. The Balaban J connectivity index is 2.05. The number of aromatic amines is 1. The third-order valence-corrected chi connectivity index (χ3v) is 3.83. The summed E-state index contributed by atoms with van der Waals surface area (Å²) < 4.78 is 0. The fourth-order valence-corrected chi connectivity index (χ4v) is 2.66. The summed E-state index contributed by atoms with van der Waals surface area (Å²) in [6.07, 6.45) is 4.12. The molecule has 2 aromatic heterocycles. The molecule has 0 radical (unpaired) electrons. The minimum absolute atomic E-state index is 0.188. The van der Waals surface area contributed by atoms with Crippen molar-refractivity contribution in [1.82, 2.24) is 15.2 Å². The molecule has 0 aliphatic rings. The third-order valence-electron chi connectivity index (χ3n) is 3.83. The average Bonchev–Trinajstić information content (AvgIpc) is 2.90. The van der Waals surface area contributed by atoms with Gasteiger partial charge in [0, 0.05) is 23.8 Å². The second kappa shape index (κ2) is 6.03. The molecule has 0 bridgehead atoms. The number of H-pyrrole nitrogens is 1. The monoisotopic (exact) mass is 297 g/mol. The van der Waals surface area contributed by atoms with Crippen molar-refractivity contribution in [2.45, 2.75) is 19.3 Å². The number of nitrogens with two attached hydrogens (primary N) is 2. The van der Waals surface area contributed by atoms with E-state index in [1.165, 1.54) is 0 Å². The van der Waals surface area contributed by atoms with E-state index in [1.54, 1.807) is 6.20 Å². The molecule has 6 N–H and O–H groups in total. The van der Waals surface area contributed by atoms with Crippen molar-refractivity contribution in [2.24, 2.45) is 0 Å². The number of rotatable bonds is 5. The Labute approximate surface area is 128 Å². The van der Waals surface area contributed by atoms with E-state index in [2.05, 4.69) is 15.2 Å². The van der Waals surface area contributed by atoms with Crippen molar-refractivity contribution in [3.05, 3.63) is 36.0 Å². The summed E-state index contributed by atoms with van der Waals surface area (Å²) in [6, 6.07) is 7.95. The van der Waals surface area contributed by atoms with Gasteiger partial charge >= 0.3 is 0 Å². The Bertz CT molecular complexity index is 796. The molecule has 3 rings (SSSR count). The van der Waals surface area contributed by atoms with E-state index >= 15 is 0 Å². The van der Waals surface area contributed by atoms with Crippen LogP contribution in [0, 0.1) is 0 Å². The smallest absolute Gasteiger partial charge is 0.153 e. The highest BCUT2D eigenvalue weighted by atomic mass is 16.2. The minimum atomic E-state index is 0.188. The predicted octanol–water partition coefficient (Wildman–Crippen LogP) is 2.10. The van der Waals surface area contributed by atoms with Crippen molar-refractivity contribution in [2.75, 3.05) is 18.1 Å². The normalized spacial score (nSPS) is 11.1. The van der Waals surface area contributed by atoms with E-state index < -0.39 is 0 Å². The first-order valence-corrected chi connectivity index (χ1v) is 7.29. The molecule has 2 heterocycles. The first kappa shape index (κ1) is 14.3. The minimum Gasteiger partial charge on any atom is -0.396 e. The van der Waals surface area contributed by atoms with E-state index in [9.17, 15) is 0 Å². The Kier molecular flexibility index (Phi) is 3.93. The Morgan fingerprint density at radius 3 is 2.77 bits per heavy atom. The first-order valence-electron chi connectivity index (χ1n) is 7.29. The highest BCUT2D eigenvalue weighted by Gasteiger charge is 2.11. The highest BCUT2D eigenvalue weighted by Crippen LogP contribution is 2.31. The van der Waals surface area contributed by atoms with E-state index in [-0.39, 0.29) is 6.61 Å². The lowest BCUT2D eigenvalue weighted by Crippen LogP contribution is -2.01. The van der Waals surface area contributed by atoms with Crippen LogP contribution in [0.25, 0.3) is 22.0 Å². The van der Waals surface area contributed by atoms with Crippen molar-refractivity contribution in [3.8, 4) is 11.1 Å². The molecule has 6 heteroatoms. The summed E-state index contributed by atoms with van der Waals surface area (Å²) >= 11 is 0. The molecule has 6 nitrogen and oxygen atoms in total. The van der Waals surface area contributed by atoms with Crippen LogP contribution < -0.4 is 11.5 Å². The predicted molar refractivity (Wildman–Crippen MR) is 88.2 cm³/mol. The summed E-state index contributed by atoms with van der Waals surface area (Å²) in [5.74, 6) is 1.02. The number of hydrogen-bond acceptors (Lipinski definition) is 5. The van der Waals surface area contributed by atoms with Crippen molar-refractivity contribution < 1.29 is 5.11 Å². The van der Waals surface area contributed by atoms with Gasteiger partial charge in [-0.2, -0.15) is 5.10 Å². The molecule has 1 aromatic carbocycles. The van der Waals surface area contributed by atoms with Gasteiger partial charge in [-0.3, -0.25) is 5.10 Å². The standard InChI is InChI=1S/C16H19N5O/c17-15-12(3-1-2-8-22)11(6-7-19-15)10-4-5-14-13(9-10)16(18)21-20-14/h4-7,9,22H,1-3,8H2,(H2,17,19)(H3,18,20,21). The number of unbranched alkanes of at least 4 members (excludes halogenated alkanes) is 1. The lowest BCUT2D eigenvalue weighted by Gasteiger charge is -2.12. The molecule has 0 saturated heterocycles. The van der Waals surface area contributed by atoms with Crippen molar-refractivity contribution in [1.29, 1.82) is 0 Å². The molecular formula is C16H19N5O. The maximum Gasteiger partial charge on any atom is 0.153 e. The van der Waals surface area contributed by atoms with Gasteiger partial charge in [0.05, 0.1) is 5.52 Å². The lowest BCUT2D eigenvalue weighted by molar-refractivity contribution is 0.284. The van der Waals surface area contributed by atoms with Crippen LogP contribution in [0.2, 0.25) is 0 Å². The third kappa shape index (κ3) is 2.60. The van der Waals surface area contributed by atoms with Crippen LogP contribution in [0.3, 0.4) is 0 Å². The number of hydrogen-bond donors (Lipinski definition) is 4. The number of aromatic nitrogens is 3. The number of anilines is 2. The van der Waals surface area contributed by atoms with E-state index in [0.717, 1.165) is 46.9 Å². The van der Waals surface area contributed by atoms with Crippen LogP contribution in [0.4, 0.5) is 11.6 Å². The fourth-order valence-electron chi connectivity index (χ4n) is 2.66. The molecule has 0 spiro atoms. The highest BCUT2D eigenvalue weighted by molar-refractivity contribution is 5.92. The van der Waals surface area contributed by atoms with Gasteiger partial charge in [0.2, 0.25) is 0 Å². The SMILES string of the molecule is Nc1nccc(-c2ccc3[nH]nc(N)c3c2)c1CCCCO. The number of pyridine rings is 1. The van der Waals surface area contributed by atoms with Gasteiger partial charge in [-0.25, -0.2) is 4.98 Å². The second-order valence-corrected chi connectivity index (χ2v) is 5.27. The molecule has 22 heavy (non-hydrogen) atoms. The fraction of sp³-hybridized carbons (Fsp3) is 0.250. The summed E-state index contributed by atoms with van der Waals surface area (Å²) in [6.45, 7) is 0.188. The van der Waals surface area contributed by atoms with E-state index in [1.807, 2.05) is 24.3 Å². The molecule has 0 amide bonds. The molecule has 0 fully saturated rings. The van der Waals surface area contributed by atoms with Crippen LogP contribution in [-0.2, 0) is 6.42 Å². The number of benzene rings is 1. The number of nitrogens with one attached hydrogen (secondary N) is 1. The van der Waals surface area contributed by atoms with Crippen LogP contribution in [0.5, 0.6) is 0 Å². The number of nitrogen functional groups attached to an aromatic ring is 2. The molecule has 0 aliphatic carbocycles. The molecule has 114 valence electrons. The molecule has 3 aromatic rings. The maximum atomic E-state index is 8.95. The quantitative estimate of drug-likeness (QED) is 0.538. The van der Waals surface area contributed by atoms with Gasteiger partial charge in [0.25, 0.3) is 0 Å². The topological polar surface area (TPSA) is 114 Å². The Morgan fingerprint density at radius 1 is 1.09 bits per heavy atom. The maximum absolute atomic E-state index is 8.95. The van der Waals surface area contributed by atoms with E-state index in [4.69, 9.17) is 16.6 Å². The van der Waals surface area contributed by atoms with Crippen LogP contribution in [0.1, 0.15) is 18.4 Å². The first-order chi connectivity index (χ1) is 10.7. The zero-order valence-electron chi connectivity index (χ0n) is 12.2. The van der Waals surface area contributed by atoms with Crippen LogP contribution in [0.15, 0.2) is 30.5 Å². The largest absolute Gasteiger partial charge is 0.396 e. The summed E-state index contributed by atoms with van der Waals surface area (Å²) in [5, 5.41) is 16.8. The molecule has 0 saturated carbocycles. The van der Waals surface area contributed by atoms with Crippen molar-refractivity contribution >= 4 is 22.5 Å². The zero-order valence-corrected chi connectivity index (χ0v) is 12.2. The van der Waals surface area contributed by atoms with Crippen LogP contribution >= 0.6 is 0 Å². The van der Waals surface area contributed by atoms with Gasteiger partial charge in [-0.1, -0.05) is 6.07 Å². The van der Waals surface area contributed by atoms with Gasteiger partial charge in [-0.05, 0) is 48.6 Å². The average molecular weight is 297 g/mol. The molecular weight excluding hydrogens is 278 g/mol. The van der Waals surface area contributed by atoms with E-state index in [0.29, 0.717) is 11.6 Å². The molecule has 0 atom stereocenters. The second-order valence-electron chi connectivity index (χ2n) is 5.27. The van der Waals surface area contributed by atoms with Gasteiger partial charge in [-0.15, -0.1) is 0 Å². The number of aliphatic hydroxyl groups excluding tert-OH is 1. The van der Waals surface area contributed by atoms with Gasteiger partial charge in [0.1, 0.15) is 5.82 Å².